The molecule has 9 nitrogen and oxygen atoms in total. The maximum absolute atomic E-state index is 13.5. The summed E-state index contributed by atoms with van der Waals surface area (Å²) in [5, 5.41) is 7.71. The molecule has 0 bridgehead atoms. The van der Waals surface area contributed by atoms with Crippen molar-refractivity contribution in [3.8, 4) is 5.88 Å². The number of hydrogen-bond donors (Lipinski definition) is 1. The lowest BCUT2D eigenvalue weighted by atomic mass is 9.85. The van der Waals surface area contributed by atoms with Crippen LogP contribution in [-0.4, -0.2) is 55.5 Å². The van der Waals surface area contributed by atoms with Crippen molar-refractivity contribution in [1.82, 2.24) is 28.8 Å². The summed E-state index contributed by atoms with van der Waals surface area (Å²) in [5.74, 6) is 0.492. The fourth-order valence-electron chi connectivity index (χ4n) is 4.25. The van der Waals surface area contributed by atoms with E-state index in [4.69, 9.17) is 4.74 Å². The van der Waals surface area contributed by atoms with Gasteiger partial charge in [0.05, 0.1) is 25.3 Å². The maximum atomic E-state index is 13.5. The predicted molar refractivity (Wildman–Crippen MR) is 122 cm³/mol. The molecule has 4 rings (SSSR count). The number of aromatic nitrogens is 5. The van der Waals surface area contributed by atoms with E-state index in [1.54, 1.807) is 18.1 Å². The number of likely N-dealkylation sites (N-methyl/N-ethyl adjacent to an activating group) is 1. The van der Waals surface area contributed by atoms with E-state index in [-0.39, 0.29) is 17.6 Å². The van der Waals surface area contributed by atoms with Crippen molar-refractivity contribution in [2.24, 2.45) is 7.05 Å². The van der Waals surface area contributed by atoms with Crippen LogP contribution in [0, 0.1) is 0 Å². The van der Waals surface area contributed by atoms with Crippen LogP contribution in [0.15, 0.2) is 36.2 Å². The van der Waals surface area contributed by atoms with Gasteiger partial charge in [0, 0.05) is 37.9 Å². The first-order valence-electron chi connectivity index (χ1n) is 10.6. The Morgan fingerprint density at radius 2 is 2.10 bits per heavy atom. The highest BCUT2D eigenvalue weighted by atomic mass is 16.5. The Kier molecular flexibility index (Phi) is 5.62. The minimum Gasteiger partial charge on any atom is -0.478 e. The molecule has 0 amide bonds. The molecule has 1 fully saturated rings. The molecule has 3 aromatic rings. The van der Waals surface area contributed by atoms with Crippen molar-refractivity contribution in [2.75, 3.05) is 26.0 Å². The first-order chi connectivity index (χ1) is 14.8. The van der Waals surface area contributed by atoms with E-state index in [9.17, 15) is 4.79 Å². The van der Waals surface area contributed by atoms with E-state index in [2.05, 4.69) is 47.8 Å². The number of anilines is 2. The molecule has 9 heteroatoms. The number of rotatable bonds is 8. The first-order valence-corrected chi connectivity index (χ1v) is 10.6. The van der Waals surface area contributed by atoms with Gasteiger partial charge in [0.25, 0.3) is 11.4 Å². The number of hydrogen-bond acceptors (Lipinski definition) is 6. The highest BCUT2D eigenvalue weighted by molar-refractivity contribution is 5.90. The second kappa shape index (κ2) is 8.22. The third-order valence-electron chi connectivity index (χ3n) is 6.09. The lowest BCUT2D eigenvalue weighted by molar-refractivity contribution is 0.115. The zero-order valence-corrected chi connectivity index (χ0v) is 18.9. The van der Waals surface area contributed by atoms with Gasteiger partial charge in [-0.25, -0.2) is 4.98 Å². The first kappa shape index (κ1) is 21.2. The van der Waals surface area contributed by atoms with Crippen LogP contribution >= 0.6 is 0 Å². The Morgan fingerprint density at radius 1 is 1.35 bits per heavy atom. The Morgan fingerprint density at radius 3 is 2.74 bits per heavy atom. The van der Waals surface area contributed by atoms with E-state index in [1.165, 1.54) is 0 Å². The van der Waals surface area contributed by atoms with Gasteiger partial charge in [0.2, 0.25) is 0 Å². The van der Waals surface area contributed by atoms with Crippen molar-refractivity contribution < 1.29 is 4.74 Å². The molecule has 0 aliphatic heterocycles. The van der Waals surface area contributed by atoms with Crippen molar-refractivity contribution in [3.05, 3.63) is 41.7 Å². The fraction of sp³-hybridized carbons (Fsp3) is 0.500. The molecular weight excluding hydrogens is 394 g/mol. The van der Waals surface area contributed by atoms with Gasteiger partial charge in [-0.1, -0.05) is 6.08 Å². The molecule has 1 saturated carbocycles. The third kappa shape index (κ3) is 3.74. The Labute approximate surface area is 181 Å². The van der Waals surface area contributed by atoms with Crippen LogP contribution in [0.1, 0.15) is 38.8 Å². The lowest BCUT2D eigenvalue weighted by Gasteiger charge is -2.41. The fourth-order valence-corrected chi connectivity index (χ4v) is 4.25. The van der Waals surface area contributed by atoms with Crippen LogP contribution in [0.2, 0.25) is 0 Å². The quantitative estimate of drug-likeness (QED) is 0.559. The number of ether oxygens (including phenoxy) is 1. The van der Waals surface area contributed by atoms with Crippen molar-refractivity contribution in [2.45, 2.75) is 44.8 Å². The average Bonchev–Trinajstić information content (AvgIpc) is 3.28. The summed E-state index contributed by atoms with van der Waals surface area (Å²) in [6.45, 7) is 8.78. The summed E-state index contributed by atoms with van der Waals surface area (Å²) >= 11 is 0. The van der Waals surface area contributed by atoms with Gasteiger partial charge in [-0.15, -0.1) is 11.7 Å². The molecule has 166 valence electrons. The van der Waals surface area contributed by atoms with Crippen molar-refractivity contribution in [1.29, 1.82) is 0 Å². The van der Waals surface area contributed by atoms with Gasteiger partial charge in [0.15, 0.2) is 0 Å². The summed E-state index contributed by atoms with van der Waals surface area (Å²) in [5.41, 5.74) is 2.77. The summed E-state index contributed by atoms with van der Waals surface area (Å²) in [6.07, 6.45) is 9.26. The van der Waals surface area contributed by atoms with Gasteiger partial charge < -0.3 is 19.2 Å². The van der Waals surface area contributed by atoms with E-state index in [0.29, 0.717) is 23.0 Å². The van der Waals surface area contributed by atoms with Crippen LogP contribution in [0.3, 0.4) is 0 Å². The topological polar surface area (TPSA) is 82.1 Å². The Bertz CT molecular complexity index is 1150. The maximum Gasteiger partial charge on any atom is 0.277 e. The van der Waals surface area contributed by atoms with Crippen LogP contribution in [0.4, 0.5) is 11.4 Å². The SMILES string of the molecule is C=CCN(C)C1CC(n2cc(Nc3cn(C)nc3OC)c3ncn(C(C)C)c3c2=O)C1. The molecule has 0 saturated heterocycles. The summed E-state index contributed by atoms with van der Waals surface area (Å²) in [4.78, 5) is 20.3. The molecule has 0 spiro atoms. The third-order valence-corrected chi connectivity index (χ3v) is 6.09. The second-order valence-corrected chi connectivity index (χ2v) is 8.56. The van der Waals surface area contributed by atoms with E-state index >= 15 is 0 Å². The molecule has 3 aromatic heterocycles. The van der Waals surface area contributed by atoms with Crippen molar-refractivity contribution >= 4 is 22.4 Å². The predicted octanol–water partition coefficient (Wildman–Crippen LogP) is 3.09. The molecular formula is C22H31N7O2. The number of nitrogens with zero attached hydrogens (tertiary/aromatic N) is 6. The summed E-state index contributed by atoms with van der Waals surface area (Å²) in [7, 11) is 5.53. The number of imidazole rings is 1. The minimum absolute atomic E-state index is 0.000254. The van der Waals surface area contributed by atoms with Gasteiger partial charge in [-0.05, 0) is 33.7 Å². The normalized spacial score (nSPS) is 18.5. The number of aryl methyl sites for hydroxylation is 1. The second-order valence-electron chi connectivity index (χ2n) is 8.56. The summed E-state index contributed by atoms with van der Waals surface area (Å²) < 4.78 is 10.9. The number of fused-ring (bicyclic) bond motifs is 1. The highest BCUT2D eigenvalue weighted by Gasteiger charge is 2.34. The molecule has 31 heavy (non-hydrogen) atoms. The van der Waals surface area contributed by atoms with Crippen molar-refractivity contribution in [3.63, 3.8) is 0 Å². The molecule has 0 aromatic carbocycles. The van der Waals surface area contributed by atoms with Gasteiger partial charge >= 0.3 is 0 Å². The minimum atomic E-state index is -0.000254. The monoisotopic (exact) mass is 425 g/mol. The molecule has 0 unspecified atom stereocenters. The molecule has 1 N–H and O–H groups in total. The zero-order chi connectivity index (χ0) is 22.3. The van der Waals surface area contributed by atoms with E-state index < -0.39 is 0 Å². The van der Waals surface area contributed by atoms with Gasteiger partial charge in [-0.3, -0.25) is 14.4 Å². The standard InChI is InChI=1S/C22H31N7O2/c1-7-8-26(4)15-9-16(10-15)28-12-17(24-18-11-27(5)25-21(18)31-6)19-20(22(28)30)29(13-23-19)14(2)3/h7,11-16,24H,1,8-10H2,2-6H3. The van der Waals surface area contributed by atoms with Crippen LogP contribution < -0.4 is 15.6 Å². The molecule has 0 radical (unpaired) electrons. The van der Waals surface area contributed by atoms with Crippen LogP contribution in [-0.2, 0) is 7.05 Å². The lowest BCUT2D eigenvalue weighted by Crippen LogP contribution is -2.45. The van der Waals surface area contributed by atoms with Crippen LogP contribution in [0.25, 0.3) is 11.0 Å². The number of nitrogens with one attached hydrogen (secondary N) is 1. The van der Waals surface area contributed by atoms with Gasteiger partial charge in [0.1, 0.15) is 16.7 Å². The highest BCUT2D eigenvalue weighted by Crippen LogP contribution is 2.37. The zero-order valence-electron chi connectivity index (χ0n) is 18.9. The Hall–Kier alpha value is -3.07. The molecule has 1 aliphatic rings. The van der Waals surface area contributed by atoms with E-state index in [1.807, 2.05) is 34.7 Å². The molecule has 1 aliphatic carbocycles. The molecule has 3 heterocycles. The Balaban J connectivity index is 1.76. The van der Waals surface area contributed by atoms with Crippen LogP contribution in [0.5, 0.6) is 5.88 Å². The largest absolute Gasteiger partial charge is 0.478 e. The summed E-state index contributed by atoms with van der Waals surface area (Å²) in [6, 6.07) is 0.735. The number of methoxy groups -OCH3 is 1. The van der Waals surface area contributed by atoms with Gasteiger partial charge in [-0.2, -0.15) is 0 Å². The number of pyridine rings is 1. The average molecular weight is 426 g/mol. The van der Waals surface area contributed by atoms with E-state index in [0.717, 1.165) is 30.8 Å². The molecule has 0 atom stereocenters. The smallest absolute Gasteiger partial charge is 0.277 e.